The first-order valence-corrected chi connectivity index (χ1v) is 11.0. The third-order valence-corrected chi connectivity index (χ3v) is 5.84. The molecule has 5 aromatic rings. The molecule has 1 saturated heterocycles. The van der Waals surface area contributed by atoms with E-state index in [0.717, 1.165) is 64.0 Å². The molecule has 1 N–H and O–H groups in total. The standard InChI is InChI=1S/C25H23N7/c1-17-16-23(32(30-17)22-13-12-18-8-2-3-9-19(18)26-22)29-24-25(31-14-6-7-15-31)28-21-11-5-4-10-20(21)27-24/h2-5,8-13,16H,6-7,14-15H2,1H3,(H,27,29). The molecule has 6 rings (SSSR count). The van der Waals surface area contributed by atoms with Crippen LogP contribution in [0.2, 0.25) is 0 Å². The van der Waals surface area contributed by atoms with E-state index in [1.54, 1.807) is 0 Å². The van der Waals surface area contributed by atoms with Crippen molar-refractivity contribution in [3.63, 3.8) is 0 Å². The van der Waals surface area contributed by atoms with Gasteiger partial charge in [0.15, 0.2) is 17.5 Å². The van der Waals surface area contributed by atoms with Gasteiger partial charge in [-0.15, -0.1) is 0 Å². The first-order chi connectivity index (χ1) is 15.7. The van der Waals surface area contributed by atoms with Crippen molar-refractivity contribution in [1.82, 2.24) is 24.7 Å². The zero-order valence-electron chi connectivity index (χ0n) is 17.9. The molecule has 0 spiro atoms. The third-order valence-electron chi connectivity index (χ3n) is 5.84. The Bertz CT molecular complexity index is 1430. The summed E-state index contributed by atoms with van der Waals surface area (Å²) in [5.41, 5.74) is 3.61. The summed E-state index contributed by atoms with van der Waals surface area (Å²) in [5.74, 6) is 3.21. The number of pyridine rings is 1. The molecular weight excluding hydrogens is 398 g/mol. The lowest BCUT2D eigenvalue weighted by Crippen LogP contribution is -2.21. The van der Waals surface area contributed by atoms with E-state index >= 15 is 0 Å². The normalized spacial score (nSPS) is 13.8. The number of nitrogens with one attached hydrogen (secondary N) is 1. The van der Waals surface area contributed by atoms with Gasteiger partial charge in [0, 0.05) is 24.5 Å². The summed E-state index contributed by atoms with van der Waals surface area (Å²) in [5, 5.41) is 9.33. The topological polar surface area (TPSA) is 71.8 Å². The van der Waals surface area contributed by atoms with Crippen LogP contribution >= 0.6 is 0 Å². The third kappa shape index (κ3) is 3.32. The summed E-state index contributed by atoms with van der Waals surface area (Å²) >= 11 is 0. The molecule has 1 aliphatic rings. The second-order valence-electron chi connectivity index (χ2n) is 8.15. The highest BCUT2D eigenvalue weighted by Crippen LogP contribution is 2.31. The van der Waals surface area contributed by atoms with Crippen molar-refractivity contribution in [2.24, 2.45) is 0 Å². The van der Waals surface area contributed by atoms with Gasteiger partial charge in [-0.05, 0) is 50.1 Å². The zero-order valence-corrected chi connectivity index (χ0v) is 17.9. The van der Waals surface area contributed by atoms with Crippen molar-refractivity contribution in [3.8, 4) is 5.82 Å². The number of anilines is 3. The Morgan fingerprint density at radius 1 is 0.781 bits per heavy atom. The maximum Gasteiger partial charge on any atom is 0.175 e. The maximum absolute atomic E-state index is 4.96. The number of hydrogen-bond donors (Lipinski definition) is 1. The van der Waals surface area contributed by atoms with Gasteiger partial charge in [-0.3, -0.25) is 0 Å². The highest BCUT2D eigenvalue weighted by atomic mass is 15.4. The van der Waals surface area contributed by atoms with Crippen LogP contribution in [-0.4, -0.2) is 37.8 Å². The summed E-state index contributed by atoms with van der Waals surface area (Å²) in [4.78, 5) is 17.0. The highest BCUT2D eigenvalue weighted by Gasteiger charge is 2.21. The van der Waals surface area contributed by atoms with Crippen molar-refractivity contribution in [3.05, 3.63) is 72.4 Å². The summed E-state index contributed by atoms with van der Waals surface area (Å²) in [7, 11) is 0. The van der Waals surface area contributed by atoms with Gasteiger partial charge in [0.1, 0.15) is 5.82 Å². The highest BCUT2D eigenvalue weighted by molar-refractivity contribution is 5.82. The van der Waals surface area contributed by atoms with Gasteiger partial charge in [-0.25, -0.2) is 15.0 Å². The molecule has 0 atom stereocenters. The smallest absolute Gasteiger partial charge is 0.175 e. The number of benzene rings is 2. The molecule has 2 aromatic carbocycles. The van der Waals surface area contributed by atoms with Gasteiger partial charge in [0.25, 0.3) is 0 Å². The van der Waals surface area contributed by atoms with Crippen LogP contribution in [0.15, 0.2) is 66.7 Å². The molecule has 0 saturated carbocycles. The molecule has 4 heterocycles. The van der Waals surface area contributed by atoms with Crippen molar-refractivity contribution in [1.29, 1.82) is 0 Å². The van der Waals surface area contributed by atoms with E-state index in [1.807, 2.05) is 66.2 Å². The Balaban J connectivity index is 1.45. The number of nitrogens with zero attached hydrogens (tertiary/aromatic N) is 6. The molecule has 0 amide bonds. The number of para-hydroxylation sites is 3. The fourth-order valence-electron chi connectivity index (χ4n) is 4.28. The minimum Gasteiger partial charge on any atom is -0.354 e. The monoisotopic (exact) mass is 421 g/mol. The van der Waals surface area contributed by atoms with Gasteiger partial charge >= 0.3 is 0 Å². The van der Waals surface area contributed by atoms with Crippen LogP contribution in [0.1, 0.15) is 18.5 Å². The molecular formula is C25H23N7. The number of hydrogen-bond acceptors (Lipinski definition) is 6. The van der Waals surface area contributed by atoms with E-state index in [1.165, 1.54) is 12.8 Å². The van der Waals surface area contributed by atoms with Crippen molar-refractivity contribution in [2.75, 3.05) is 23.3 Å². The van der Waals surface area contributed by atoms with Crippen molar-refractivity contribution < 1.29 is 0 Å². The Labute approximate surface area is 185 Å². The predicted molar refractivity (Wildman–Crippen MR) is 128 cm³/mol. The summed E-state index contributed by atoms with van der Waals surface area (Å²) in [6.45, 7) is 3.97. The van der Waals surface area contributed by atoms with Crippen LogP contribution in [0.5, 0.6) is 0 Å². The maximum atomic E-state index is 4.96. The molecule has 1 aliphatic heterocycles. The average Bonchev–Trinajstić information content (AvgIpc) is 3.48. The number of aryl methyl sites for hydroxylation is 1. The lowest BCUT2D eigenvalue weighted by atomic mass is 10.2. The van der Waals surface area contributed by atoms with E-state index in [4.69, 9.17) is 20.1 Å². The quantitative estimate of drug-likeness (QED) is 0.440. The lowest BCUT2D eigenvalue weighted by molar-refractivity contribution is 0.843. The fraction of sp³-hybridized carbons (Fsp3) is 0.200. The molecule has 3 aromatic heterocycles. The fourth-order valence-corrected chi connectivity index (χ4v) is 4.28. The van der Waals surface area contributed by atoms with Crippen molar-refractivity contribution >= 4 is 39.4 Å². The minimum atomic E-state index is 0.743. The Morgan fingerprint density at radius 2 is 1.50 bits per heavy atom. The van der Waals surface area contributed by atoms with Gasteiger partial charge < -0.3 is 10.2 Å². The average molecular weight is 422 g/mol. The molecule has 1 fully saturated rings. The van der Waals surface area contributed by atoms with Crippen LogP contribution in [0, 0.1) is 6.92 Å². The Morgan fingerprint density at radius 3 is 2.31 bits per heavy atom. The summed E-state index contributed by atoms with van der Waals surface area (Å²) in [6, 6.07) is 22.2. The van der Waals surface area contributed by atoms with E-state index in [2.05, 4.69) is 22.3 Å². The zero-order chi connectivity index (χ0) is 21.5. The van der Waals surface area contributed by atoms with Crippen LogP contribution in [0.4, 0.5) is 17.5 Å². The molecule has 7 nitrogen and oxygen atoms in total. The van der Waals surface area contributed by atoms with E-state index in [9.17, 15) is 0 Å². The van der Waals surface area contributed by atoms with Gasteiger partial charge in [0.2, 0.25) is 0 Å². The van der Waals surface area contributed by atoms with Crippen molar-refractivity contribution in [2.45, 2.75) is 19.8 Å². The molecule has 7 heteroatoms. The summed E-state index contributed by atoms with van der Waals surface area (Å²) in [6.07, 6.45) is 2.35. The second-order valence-corrected chi connectivity index (χ2v) is 8.15. The van der Waals surface area contributed by atoms with E-state index < -0.39 is 0 Å². The number of rotatable bonds is 4. The van der Waals surface area contributed by atoms with Crippen LogP contribution < -0.4 is 10.2 Å². The Kier molecular flexibility index (Phi) is 4.45. The van der Waals surface area contributed by atoms with E-state index in [0.29, 0.717) is 0 Å². The number of fused-ring (bicyclic) bond motifs is 2. The Hall–Kier alpha value is -4.00. The van der Waals surface area contributed by atoms with Gasteiger partial charge in [-0.1, -0.05) is 30.3 Å². The number of aromatic nitrogens is 5. The molecule has 32 heavy (non-hydrogen) atoms. The first kappa shape index (κ1) is 18.7. The van der Waals surface area contributed by atoms with Crippen LogP contribution in [0.25, 0.3) is 27.8 Å². The second kappa shape index (κ2) is 7.60. The predicted octanol–water partition coefficient (Wildman–Crippen LogP) is 5.02. The molecule has 0 unspecified atom stereocenters. The summed E-state index contributed by atoms with van der Waals surface area (Å²) < 4.78 is 1.84. The minimum absolute atomic E-state index is 0.743. The first-order valence-electron chi connectivity index (χ1n) is 11.0. The van der Waals surface area contributed by atoms with E-state index in [-0.39, 0.29) is 0 Å². The van der Waals surface area contributed by atoms with Crippen LogP contribution in [-0.2, 0) is 0 Å². The molecule has 158 valence electrons. The molecule has 0 bridgehead atoms. The SMILES string of the molecule is Cc1cc(Nc2nc3ccccc3nc2N2CCCC2)n(-c2ccc3ccccc3n2)n1. The van der Waals surface area contributed by atoms with Gasteiger partial charge in [-0.2, -0.15) is 9.78 Å². The largest absolute Gasteiger partial charge is 0.354 e. The van der Waals surface area contributed by atoms with Crippen LogP contribution in [0.3, 0.4) is 0 Å². The van der Waals surface area contributed by atoms with Gasteiger partial charge in [0.05, 0.1) is 22.2 Å². The lowest BCUT2D eigenvalue weighted by Gasteiger charge is -2.20. The molecule has 0 radical (unpaired) electrons. The molecule has 0 aliphatic carbocycles.